The maximum Gasteiger partial charge on any atom is 0.291 e. The van der Waals surface area contributed by atoms with Gasteiger partial charge in [-0.1, -0.05) is 0 Å². The van der Waals surface area contributed by atoms with Crippen molar-refractivity contribution < 1.29 is 4.79 Å². The van der Waals surface area contributed by atoms with Gasteiger partial charge in [0.05, 0.1) is 0 Å². The van der Waals surface area contributed by atoms with Crippen LogP contribution >= 0.6 is 0 Å². The molecule has 0 spiro atoms. The molecular weight excluding hydrogens is 194 g/mol. The van der Waals surface area contributed by atoms with Crippen LogP contribution in [0, 0.1) is 11.8 Å². The smallest absolute Gasteiger partial charge is 0.291 e. The van der Waals surface area contributed by atoms with Crippen molar-refractivity contribution in [3.8, 4) is 0 Å². The highest BCUT2D eigenvalue weighted by molar-refractivity contribution is 5.90. The number of likely N-dealkylation sites (tertiary alicyclic amines) is 1. The quantitative estimate of drug-likeness (QED) is 0.625. The van der Waals surface area contributed by atoms with E-state index in [0.29, 0.717) is 17.7 Å². The van der Waals surface area contributed by atoms with E-state index in [0.717, 1.165) is 26.2 Å². The summed E-state index contributed by atoms with van der Waals surface area (Å²) < 4.78 is 0. The van der Waals surface area contributed by atoms with Crippen LogP contribution in [0.15, 0.2) is 6.33 Å². The molecule has 0 radical (unpaired) electrons. The Labute approximate surface area is 87.1 Å². The molecule has 2 atom stereocenters. The van der Waals surface area contributed by atoms with E-state index >= 15 is 0 Å². The van der Waals surface area contributed by atoms with Gasteiger partial charge in [-0.3, -0.25) is 9.89 Å². The van der Waals surface area contributed by atoms with E-state index in [1.807, 2.05) is 4.90 Å². The molecule has 0 aromatic carbocycles. The number of H-pyrrole nitrogens is 1. The van der Waals surface area contributed by atoms with Crippen molar-refractivity contribution in [2.45, 2.75) is 0 Å². The summed E-state index contributed by atoms with van der Waals surface area (Å²) in [6, 6.07) is 0. The molecule has 1 aromatic rings. The lowest BCUT2D eigenvalue weighted by Gasteiger charge is -2.15. The summed E-state index contributed by atoms with van der Waals surface area (Å²) in [4.78, 5) is 17.7. The van der Waals surface area contributed by atoms with Gasteiger partial charge in [-0.05, 0) is 11.8 Å². The number of hydrogen-bond acceptors (Lipinski definition) is 4. The zero-order valence-electron chi connectivity index (χ0n) is 8.31. The van der Waals surface area contributed by atoms with E-state index in [1.54, 1.807) is 0 Å². The van der Waals surface area contributed by atoms with E-state index in [9.17, 15) is 4.79 Å². The maximum absolute atomic E-state index is 11.9. The second-order valence-corrected chi connectivity index (χ2v) is 4.22. The molecule has 2 aliphatic heterocycles. The molecule has 1 aromatic heterocycles. The molecule has 6 heteroatoms. The van der Waals surface area contributed by atoms with Crippen LogP contribution in [-0.4, -0.2) is 52.2 Å². The lowest BCUT2D eigenvalue weighted by atomic mass is 10.0. The Kier molecular flexibility index (Phi) is 1.95. The molecule has 0 saturated carbocycles. The number of nitrogens with one attached hydrogen (secondary N) is 2. The first-order valence-electron chi connectivity index (χ1n) is 5.20. The first-order valence-corrected chi connectivity index (χ1v) is 5.20. The Hall–Kier alpha value is -1.43. The lowest BCUT2D eigenvalue weighted by molar-refractivity contribution is 0.0770. The summed E-state index contributed by atoms with van der Waals surface area (Å²) in [6.07, 6.45) is 1.37. The van der Waals surface area contributed by atoms with Crippen LogP contribution in [0.25, 0.3) is 0 Å². The Balaban J connectivity index is 1.72. The number of rotatable bonds is 1. The van der Waals surface area contributed by atoms with Gasteiger partial charge in [0.2, 0.25) is 5.82 Å². The van der Waals surface area contributed by atoms with E-state index < -0.39 is 0 Å². The van der Waals surface area contributed by atoms with Gasteiger partial charge in [0.25, 0.3) is 5.91 Å². The number of carbonyl (C=O) groups is 1. The Bertz CT molecular complexity index is 351. The molecular formula is C9H13N5O. The Morgan fingerprint density at radius 1 is 1.40 bits per heavy atom. The minimum absolute atomic E-state index is 0.0260. The van der Waals surface area contributed by atoms with Crippen LogP contribution in [0.4, 0.5) is 0 Å². The average Bonchev–Trinajstić information content (AvgIpc) is 2.92. The average molecular weight is 207 g/mol. The summed E-state index contributed by atoms with van der Waals surface area (Å²) >= 11 is 0. The maximum atomic E-state index is 11.9. The zero-order chi connectivity index (χ0) is 10.3. The number of aromatic amines is 1. The van der Waals surface area contributed by atoms with Gasteiger partial charge >= 0.3 is 0 Å². The topological polar surface area (TPSA) is 73.9 Å². The molecule has 0 unspecified atom stereocenters. The van der Waals surface area contributed by atoms with Gasteiger partial charge in [0, 0.05) is 26.2 Å². The molecule has 0 aliphatic carbocycles. The molecule has 6 nitrogen and oxygen atoms in total. The van der Waals surface area contributed by atoms with Gasteiger partial charge in [0.1, 0.15) is 6.33 Å². The summed E-state index contributed by atoms with van der Waals surface area (Å²) in [5.74, 6) is 1.57. The van der Waals surface area contributed by atoms with Crippen molar-refractivity contribution in [3.05, 3.63) is 12.2 Å². The molecule has 80 valence electrons. The van der Waals surface area contributed by atoms with Crippen molar-refractivity contribution >= 4 is 5.91 Å². The highest BCUT2D eigenvalue weighted by Gasteiger charge is 2.38. The summed E-state index contributed by atoms with van der Waals surface area (Å²) in [6.45, 7) is 3.75. The molecule has 15 heavy (non-hydrogen) atoms. The molecule has 2 saturated heterocycles. The molecule has 2 aliphatic rings. The number of hydrogen-bond donors (Lipinski definition) is 2. The fourth-order valence-corrected chi connectivity index (χ4v) is 2.48. The van der Waals surface area contributed by atoms with Gasteiger partial charge in [0.15, 0.2) is 0 Å². The Morgan fingerprint density at radius 2 is 2.13 bits per heavy atom. The molecule has 3 rings (SSSR count). The predicted octanol–water partition coefficient (Wildman–Crippen LogP) is -0.904. The fraction of sp³-hybridized carbons (Fsp3) is 0.667. The summed E-state index contributed by atoms with van der Waals surface area (Å²) in [7, 11) is 0. The highest BCUT2D eigenvalue weighted by Crippen LogP contribution is 2.26. The third-order valence-corrected chi connectivity index (χ3v) is 3.29. The summed E-state index contributed by atoms with van der Waals surface area (Å²) in [5, 5.41) is 9.65. The molecule has 1 amide bonds. The molecule has 2 N–H and O–H groups in total. The van der Waals surface area contributed by atoms with Crippen molar-refractivity contribution in [2.24, 2.45) is 11.8 Å². The van der Waals surface area contributed by atoms with Crippen molar-refractivity contribution in [1.29, 1.82) is 0 Å². The van der Waals surface area contributed by atoms with Crippen LogP contribution in [0.2, 0.25) is 0 Å². The molecule has 2 fully saturated rings. The van der Waals surface area contributed by atoms with Crippen LogP contribution in [0.1, 0.15) is 10.6 Å². The summed E-state index contributed by atoms with van der Waals surface area (Å²) in [5.41, 5.74) is 0. The van der Waals surface area contributed by atoms with E-state index in [-0.39, 0.29) is 5.91 Å². The SMILES string of the molecule is O=C(c1ncn[nH]1)N1C[C@H]2CNC[C@H]2C1. The van der Waals surface area contributed by atoms with Crippen LogP contribution in [-0.2, 0) is 0 Å². The van der Waals surface area contributed by atoms with Crippen molar-refractivity contribution in [3.63, 3.8) is 0 Å². The number of carbonyl (C=O) groups excluding carboxylic acids is 1. The van der Waals surface area contributed by atoms with E-state index in [4.69, 9.17) is 0 Å². The van der Waals surface area contributed by atoms with Gasteiger partial charge in [-0.2, -0.15) is 5.10 Å². The number of aromatic nitrogens is 3. The molecule has 0 bridgehead atoms. The third-order valence-electron chi connectivity index (χ3n) is 3.29. The number of nitrogens with zero attached hydrogens (tertiary/aromatic N) is 3. The number of fused-ring (bicyclic) bond motifs is 1. The fourth-order valence-electron chi connectivity index (χ4n) is 2.48. The zero-order valence-corrected chi connectivity index (χ0v) is 8.31. The second kappa shape index (κ2) is 3.30. The highest BCUT2D eigenvalue weighted by atomic mass is 16.2. The third kappa shape index (κ3) is 1.41. The first kappa shape index (κ1) is 8.84. The van der Waals surface area contributed by atoms with E-state index in [1.165, 1.54) is 6.33 Å². The van der Waals surface area contributed by atoms with Crippen LogP contribution in [0.3, 0.4) is 0 Å². The van der Waals surface area contributed by atoms with Crippen molar-refractivity contribution in [1.82, 2.24) is 25.4 Å². The van der Waals surface area contributed by atoms with Crippen LogP contribution < -0.4 is 5.32 Å². The monoisotopic (exact) mass is 207 g/mol. The predicted molar refractivity (Wildman–Crippen MR) is 52.1 cm³/mol. The second-order valence-electron chi connectivity index (χ2n) is 4.22. The van der Waals surface area contributed by atoms with E-state index in [2.05, 4.69) is 20.5 Å². The first-order chi connectivity index (χ1) is 7.34. The number of amides is 1. The minimum atomic E-state index is -0.0260. The largest absolute Gasteiger partial charge is 0.335 e. The standard InChI is InChI=1S/C9H13N5O/c15-9(8-11-5-12-13-8)14-3-6-1-10-2-7(6)4-14/h5-7,10H,1-4H2,(H,11,12,13)/t6-,7+. The lowest BCUT2D eigenvalue weighted by Crippen LogP contribution is -2.32. The van der Waals surface area contributed by atoms with Gasteiger partial charge in [-0.15, -0.1) is 0 Å². The molecule has 3 heterocycles. The Morgan fingerprint density at radius 3 is 2.73 bits per heavy atom. The minimum Gasteiger partial charge on any atom is -0.335 e. The van der Waals surface area contributed by atoms with Crippen molar-refractivity contribution in [2.75, 3.05) is 26.2 Å². The van der Waals surface area contributed by atoms with Crippen LogP contribution in [0.5, 0.6) is 0 Å². The normalized spacial score (nSPS) is 29.5. The van der Waals surface area contributed by atoms with Gasteiger partial charge < -0.3 is 10.2 Å². The van der Waals surface area contributed by atoms with Gasteiger partial charge in [-0.25, -0.2) is 4.98 Å².